The van der Waals surface area contributed by atoms with Gasteiger partial charge in [-0.1, -0.05) is 111 Å². The molecule has 1 aliphatic heterocycles. The standard InChI is InChI=1S/C52H43N4OS.Pt/c1-51(2,3)36-28-29-53-46(30-36)56-43-27-26-41-40-22-13-14-23-45(40)58-50(41)47(43)42-25-24-39(32-44(42)56)57-38-21-15-20-37(31-38)54-33-55(52(4,5)6)49(35-18-11-8-12-19-35)48(54)34-16-9-7-10-17-34;/h7-30,33H,1-6H3;/q-3;. The number of nitrogens with zero attached hydrogens (tertiary/aromatic N) is 4. The smallest absolute Gasteiger partial charge is 0.135 e. The number of fused-ring (bicyclic) bond motifs is 7. The third-order valence-electron chi connectivity index (χ3n) is 11.0. The number of hydrogen-bond donors (Lipinski definition) is 0. The van der Waals surface area contributed by atoms with Gasteiger partial charge in [0.05, 0.1) is 0 Å². The van der Waals surface area contributed by atoms with E-state index >= 15 is 0 Å². The van der Waals surface area contributed by atoms with Crippen LogP contribution in [0.5, 0.6) is 11.5 Å². The molecule has 6 aromatic carbocycles. The van der Waals surface area contributed by atoms with E-state index in [1.165, 1.54) is 31.1 Å². The van der Waals surface area contributed by atoms with Crippen LogP contribution in [-0.4, -0.2) is 20.0 Å². The van der Waals surface area contributed by atoms with E-state index in [-0.39, 0.29) is 32.0 Å². The zero-order valence-electron chi connectivity index (χ0n) is 33.9. The summed E-state index contributed by atoms with van der Waals surface area (Å²) in [6.07, 6.45) is 1.92. The molecule has 0 fully saturated rings. The van der Waals surface area contributed by atoms with Gasteiger partial charge in [0.25, 0.3) is 0 Å². The molecule has 4 heterocycles. The van der Waals surface area contributed by atoms with Crippen molar-refractivity contribution in [1.82, 2.24) is 14.5 Å². The molecule has 0 unspecified atom stereocenters. The molecule has 0 aliphatic carbocycles. The van der Waals surface area contributed by atoms with Crippen LogP contribution in [0.1, 0.15) is 58.2 Å². The molecule has 9 aromatic rings. The van der Waals surface area contributed by atoms with Gasteiger partial charge in [0, 0.05) is 81.4 Å². The maximum absolute atomic E-state index is 6.72. The summed E-state index contributed by atoms with van der Waals surface area (Å²) in [6.45, 7) is 15.6. The van der Waals surface area contributed by atoms with Gasteiger partial charge < -0.3 is 19.1 Å². The fraction of sp³-hybridized carbons (Fsp3) is 0.154. The van der Waals surface area contributed by atoms with Crippen molar-refractivity contribution in [3.05, 3.63) is 181 Å². The summed E-state index contributed by atoms with van der Waals surface area (Å²) in [5.41, 5.74) is 8.37. The van der Waals surface area contributed by atoms with Gasteiger partial charge in [-0.2, -0.15) is 18.8 Å². The number of ether oxygens (including phenoxy) is 1. The molecule has 1 aliphatic rings. The average Bonchev–Trinajstić information content (AvgIpc) is 3.92. The Morgan fingerprint density at radius 1 is 0.644 bits per heavy atom. The minimum Gasteiger partial charge on any atom is -0.509 e. The first kappa shape index (κ1) is 38.8. The molecule has 5 nitrogen and oxygen atoms in total. The summed E-state index contributed by atoms with van der Waals surface area (Å²) in [5.74, 6) is 2.07. The SMILES string of the molecule is CC(C)(C)c1ccnc(-n2c3[c-]c(Oc4[c-]c(N5[CH-]N(C(C)(C)C)C(c6ccccc6)=C5c5ccccc5)ccc4)ccc3c3c4sc5ccccc5c4ccc32)c1.[Pt]. The van der Waals surface area contributed by atoms with E-state index in [0.717, 1.165) is 50.4 Å². The van der Waals surface area contributed by atoms with Gasteiger partial charge >= 0.3 is 0 Å². The van der Waals surface area contributed by atoms with Gasteiger partial charge in [-0.05, 0) is 72.5 Å². The summed E-state index contributed by atoms with van der Waals surface area (Å²) < 4.78 is 11.5. The zero-order chi connectivity index (χ0) is 39.8. The maximum Gasteiger partial charge on any atom is 0.135 e. The van der Waals surface area contributed by atoms with E-state index in [1.54, 1.807) is 0 Å². The molecule has 0 saturated heterocycles. The van der Waals surface area contributed by atoms with Crippen LogP contribution in [0.25, 0.3) is 59.2 Å². The minimum absolute atomic E-state index is 0. The zero-order valence-corrected chi connectivity index (χ0v) is 36.9. The molecule has 7 heteroatoms. The van der Waals surface area contributed by atoms with E-state index in [0.29, 0.717) is 11.5 Å². The second kappa shape index (κ2) is 14.9. The predicted octanol–water partition coefficient (Wildman–Crippen LogP) is 13.8. The van der Waals surface area contributed by atoms with Crippen LogP contribution in [0, 0.1) is 18.8 Å². The van der Waals surface area contributed by atoms with Crippen molar-refractivity contribution in [3.63, 3.8) is 0 Å². The molecule has 3 aromatic heterocycles. The first-order chi connectivity index (χ1) is 28.0. The molecular weight excluding hydrogens is 924 g/mol. The third kappa shape index (κ3) is 6.82. The maximum atomic E-state index is 6.72. The van der Waals surface area contributed by atoms with Crippen molar-refractivity contribution in [2.45, 2.75) is 52.5 Å². The Bertz CT molecular complexity index is 3040. The normalized spacial score (nSPS) is 13.6. The molecule has 296 valence electrons. The monoisotopic (exact) mass is 966 g/mol. The second-order valence-electron chi connectivity index (χ2n) is 17.0. The van der Waals surface area contributed by atoms with Gasteiger partial charge in [0.1, 0.15) is 5.82 Å². The molecule has 0 bridgehead atoms. The Kier molecular flexibility index (Phi) is 9.77. The molecule has 0 spiro atoms. The summed E-state index contributed by atoms with van der Waals surface area (Å²) in [7, 11) is 0. The van der Waals surface area contributed by atoms with E-state index in [4.69, 9.17) is 9.72 Å². The Morgan fingerprint density at radius 2 is 1.32 bits per heavy atom. The number of benzene rings is 6. The number of aromatic nitrogens is 2. The van der Waals surface area contributed by atoms with E-state index in [2.05, 4.69) is 196 Å². The number of rotatable bonds is 6. The summed E-state index contributed by atoms with van der Waals surface area (Å²) >= 11 is 1.84. The summed E-state index contributed by atoms with van der Waals surface area (Å²) in [5, 5.41) is 4.86. The van der Waals surface area contributed by atoms with Gasteiger partial charge in [0.2, 0.25) is 0 Å². The Hall–Kier alpha value is -5.68. The van der Waals surface area contributed by atoms with E-state index in [9.17, 15) is 0 Å². The topological polar surface area (TPSA) is 33.5 Å². The second-order valence-corrected chi connectivity index (χ2v) is 18.0. The Morgan fingerprint density at radius 3 is 2.05 bits per heavy atom. The first-order valence-corrected chi connectivity index (χ1v) is 20.6. The fourth-order valence-corrected chi connectivity index (χ4v) is 9.40. The van der Waals surface area contributed by atoms with E-state index in [1.807, 2.05) is 35.7 Å². The largest absolute Gasteiger partial charge is 0.509 e. The quantitative estimate of drug-likeness (QED) is 0.156. The van der Waals surface area contributed by atoms with Crippen molar-refractivity contribution < 1.29 is 25.8 Å². The number of anilines is 1. The van der Waals surface area contributed by atoms with Crippen LogP contribution >= 0.6 is 11.3 Å². The molecule has 0 amide bonds. The van der Waals surface area contributed by atoms with Crippen LogP contribution < -0.4 is 9.64 Å². The molecular formula is C52H43N4OPtS-3. The molecule has 0 N–H and O–H groups in total. The Labute approximate surface area is 364 Å². The number of thiophene rings is 1. The van der Waals surface area contributed by atoms with E-state index < -0.39 is 0 Å². The fourth-order valence-electron chi connectivity index (χ4n) is 8.14. The third-order valence-corrected chi connectivity index (χ3v) is 12.2. The minimum atomic E-state index is -0.195. The summed E-state index contributed by atoms with van der Waals surface area (Å²) in [4.78, 5) is 9.56. The van der Waals surface area contributed by atoms with Crippen LogP contribution in [0.4, 0.5) is 5.69 Å². The van der Waals surface area contributed by atoms with Gasteiger partial charge in [0.15, 0.2) is 0 Å². The van der Waals surface area contributed by atoms with Gasteiger partial charge in [-0.3, -0.25) is 0 Å². The van der Waals surface area contributed by atoms with Crippen LogP contribution in [0.15, 0.2) is 146 Å². The summed E-state index contributed by atoms with van der Waals surface area (Å²) in [6, 6.07) is 56.4. The predicted molar refractivity (Wildman–Crippen MR) is 242 cm³/mol. The van der Waals surface area contributed by atoms with Gasteiger partial charge in [-0.15, -0.1) is 52.7 Å². The molecule has 0 radical (unpaired) electrons. The molecule has 59 heavy (non-hydrogen) atoms. The molecule has 10 rings (SSSR count). The molecule has 0 saturated carbocycles. The Balaban J connectivity index is 0.00000449. The van der Waals surface area contributed by atoms with Crippen molar-refractivity contribution in [2.75, 3.05) is 4.90 Å². The number of hydrogen-bond acceptors (Lipinski definition) is 5. The molecule has 0 atom stereocenters. The van der Waals surface area contributed by atoms with Crippen molar-refractivity contribution >= 4 is 70.4 Å². The van der Waals surface area contributed by atoms with Crippen molar-refractivity contribution in [1.29, 1.82) is 0 Å². The van der Waals surface area contributed by atoms with Crippen LogP contribution in [0.2, 0.25) is 0 Å². The van der Waals surface area contributed by atoms with Gasteiger partial charge in [-0.25, -0.2) is 4.98 Å². The van der Waals surface area contributed by atoms with Crippen LogP contribution in [0.3, 0.4) is 0 Å². The number of pyridine rings is 1. The van der Waals surface area contributed by atoms with Crippen LogP contribution in [-0.2, 0) is 26.5 Å². The van der Waals surface area contributed by atoms with Crippen molar-refractivity contribution in [3.8, 4) is 17.3 Å². The average molecular weight is 967 g/mol. The van der Waals surface area contributed by atoms with Crippen molar-refractivity contribution in [2.24, 2.45) is 0 Å². The first-order valence-electron chi connectivity index (χ1n) is 19.8.